The SMILES string of the molecule is COCCc1nsc(N[C@H](C)c2cc3ccccc3o2)n1. The van der Waals surface area contributed by atoms with Crippen LogP contribution in [0.3, 0.4) is 0 Å². The summed E-state index contributed by atoms with van der Waals surface area (Å²) >= 11 is 1.36. The standard InChI is InChI=1S/C15H17N3O2S/c1-10(13-9-11-5-3-4-6-12(11)20-13)16-15-17-14(18-21-15)7-8-19-2/h3-6,9-10H,7-8H2,1-2H3,(H,16,17,18)/t10-/m1/s1. The first-order valence-corrected chi connectivity index (χ1v) is 7.60. The van der Waals surface area contributed by atoms with Crippen molar-refractivity contribution in [1.29, 1.82) is 0 Å². The van der Waals surface area contributed by atoms with Gasteiger partial charge in [-0.3, -0.25) is 0 Å². The molecular weight excluding hydrogens is 286 g/mol. The van der Waals surface area contributed by atoms with Crippen molar-refractivity contribution in [3.05, 3.63) is 41.9 Å². The van der Waals surface area contributed by atoms with E-state index in [0.29, 0.717) is 6.61 Å². The molecule has 0 radical (unpaired) electrons. The number of hydrogen-bond donors (Lipinski definition) is 1. The van der Waals surface area contributed by atoms with Gasteiger partial charge in [0.05, 0.1) is 12.6 Å². The van der Waals surface area contributed by atoms with Crippen molar-refractivity contribution >= 4 is 27.6 Å². The average molecular weight is 303 g/mol. The van der Waals surface area contributed by atoms with E-state index in [1.807, 2.05) is 31.2 Å². The number of furan rings is 1. The fourth-order valence-electron chi connectivity index (χ4n) is 2.08. The number of anilines is 1. The molecule has 0 aliphatic rings. The first kappa shape index (κ1) is 14.0. The first-order chi connectivity index (χ1) is 10.3. The fraction of sp³-hybridized carbons (Fsp3) is 0.333. The van der Waals surface area contributed by atoms with Gasteiger partial charge in [0.15, 0.2) is 0 Å². The number of para-hydroxylation sites is 1. The third-order valence-electron chi connectivity index (χ3n) is 3.21. The van der Waals surface area contributed by atoms with Crippen LogP contribution in [-0.2, 0) is 11.2 Å². The van der Waals surface area contributed by atoms with Crippen LogP contribution in [-0.4, -0.2) is 23.1 Å². The minimum absolute atomic E-state index is 0.0422. The van der Waals surface area contributed by atoms with E-state index >= 15 is 0 Å². The van der Waals surface area contributed by atoms with Crippen LogP contribution in [0, 0.1) is 0 Å². The Labute approximate surface area is 127 Å². The minimum atomic E-state index is 0.0422. The molecular formula is C15H17N3O2S. The molecule has 3 rings (SSSR count). The third-order valence-corrected chi connectivity index (χ3v) is 3.89. The molecule has 3 aromatic rings. The van der Waals surface area contributed by atoms with E-state index in [4.69, 9.17) is 9.15 Å². The van der Waals surface area contributed by atoms with Crippen molar-refractivity contribution in [3.63, 3.8) is 0 Å². The lowest BCUT2D eigenvalue weighted by molar-refractivity contribution is 0.201. The third kappa shape index (κ3) is 3.22. The van der Waals surface area contributed by atoms with Crippen LogP contribution in [0.2, 0.25) is 0 Å². The van der Waals surface area contributed by atoms with Crippen molar-refractivity contribution in [2.24, 2.45) is 0 Å². The highest BCUT2D eigenvalue weighted by Gasteiger charge is 2.13. The van der Waals surface area contributed by atoms with Crippen LogP contribution < -0.4 is 5.32 Å². The van der Waals surface area contributed by atoms with E-state index in [1.165, 1.54) is 11.5 Å². The number of rotatable bonds is 6. The highest BCUT2D eigenvalue weighted by Crippen LogP contribution is 2.26. The number of methoxy groups -OCH3 is 1. The predicted octanol–water partition coefficient (Wildman–Crippen LogP) is 3.65. The Bertz CT molecular complexity index is 689. The number of ether oxygens (including phenoxy) is 1. The molecule has 0 saturated heterocycles. The fourth-order valence-corrected chi connectivity index (χ4v) is 2.78. The van der Waals surface area contributed by atoms with E-state index in [0.717, 1.165) is 34.1 Å². The maximum Gasteiger partial charge on any atom is 0.203 e. The summed E-state index contributed by atoms with van der Waals surface area (Å²) < 4.78 is 15.2. The second-order valence-electron chi connectivity index (χ2n) is 4.81. The summed E-state index contributed by atoms with van der Waals surface area (Å²) in [4.78, 5) is 4.44. The molecule has 0 saturated carbocycles. The number of aromatic nitrogens is 2. The van der Waals surface area contributed by atoms with Gasteiger partial charge in [-0.2, -0.15) is 4.37 Å². The molecule has 21 heavy (non-hydrogen) atoms. The second-order valence-corrected chi connectivity index (χ2v) is 5.56. The van der Waals surface area contributed by atoms with E-state index < -0.39 is 0 Å². The summed E-state index contributed by atoms with van der Waals surface area (Å²) in [7, 11) is 1.68. The van der Waals surface area contributed by atoms with Crippen molar-refractivity contribution in [3.8, 4) is 0 Å². The summed E-state index contributed by atoms with van der Waals surface area (Å²) in [5.74, 6) is 1.70. The van der Waals surface area contributed by atoms with E-state index in [2.05, 4.69) is 20.7 Å². The van der Waals surface area contributed by atoms with Crippen LogP contribution in [0.1, 0.15) is 24.6 Å². The summed E-state index contributed by atoms with van der Waals surface area (Å²) in [5.41, 5.74) is 0.902. The number of fused-ring (bicyclic) bond motifs is 1. The molecule has 1 aromatic carbocycles. The van der Waals surface area contributed by atoms with Gasteiger partial charge >= 0.3 is 0 Å². The topological polar surface area (TPSA) is 60.2 Å². The largest absolute Gasteiger partial charge is 0.459 e. The van der Waals surface area contributed by atoms with Gasteiger partial charge < -0.3 is 14.5 Å². The van der Waals surface area contributed by atoms with Crippen LogP contribution in [0.15, 0.2) is 34.7 Å². The Kier molecular flexibility index (Phi) is 4.17. The van der Waals surface area contributed by atoms with Crippen LogP contribution in [0.25, 0.3) is 11.0 Å². The first-order valence-electron chi connectivity index (χ1n) is 6.83. The number of benzene rings is 1. The van der Waals surface area contributed by atoms with Crippen molar-refractivity contribution in [1.82, 2.24) is 9.36 Å². The summed E-state index contributed by atoms with van der Waals surface area (Å²) in [6, 6.07) is 10.1. The van der Waals surface area contributed by atoms with E-state index in [1.54, 1.807) is 7.11 Å². The zero-order chi connectivity index (χ0) is 14.7. The van der Waals surface area contributed by atoms with Crippen LogP contribution in [0.4, 0.5) is 5.13 Å². The highest BCUT2D eigenvalue weighted by atomic mass is 32.1. The predicted molar refractivity (Wildman–Crippen MR) is 83.7 cm³/mol. The molecule has 1 N–H and O–H groups in total. The van der Waals surface area contributed by atoms with Crippen LogP contribution in [0.5, 0.6) is 0 Å². The van der Waals surface area contributed by atoms with Gasteiger partial charge in [-0.1, -0.05) is 18.2 Å². The zero-order valence-electron chi connectivity index (χ0n) is 12.0. The van der Waals surface area contributed by atoms with Gasteiger partial charge in [0.25, 0.3) is 0 Å². The summed E-state index contributed by atoms with van der Waals surface area (Å²) in [5, 5.41) is 5.24. The molecule has 0 amide bonds. The van der Waals surface area contributed by atoms with Gasteiger partial charge in [-0.15, -0.1) is 0 Å². The van der Waals surface area contributed by atoms with Gasteiger partial charge in [0.1, 0.15) is 17.2 Å². The maximum absolute atomic E-state index is 5.85. The van der Waals surface area contributed by atoms with Crippen molar-refractivity contribution in [2.75, 3.05) is 19.0 Å². The molecule has 0 unspecified atom stereocenters. The molecule has 6 heteroatoms. The second kappa shape index (κ2) is 6.24. The molecule has 2 aromatic heterocycles. The number of nitrogens with zero attached hydrogens (tertiary/aromatic N) is 2. The lowest BCUT2D eigenvalue weighted by Gasteiger charge is -2.08. The lowest BCUT2D eigenvalue weighted by atomic mass is 10.2. The van der Waals surface area contributed by atoms with Gasteiger partial charge in [-0.25, -0.2) is 4.98 Å². The van der Waals surface area contributed by atoms with E-state index in [-0.39, 0.29) is 6.04 Å². The Balaban J connectivity index is 1.70. The molecule has 0 fully saturated rings. The monoisotopic (exact) mass is 303 g/mol. The molecule has 1 atom stereocenters. The van der Waals surface area contributed by atoms with Crippen LogP contribution >= 0.6 is 11.5 Å². The highest BCUT2D eigenvalue weighted by molar-refractivity contribution is 7.09. The van der Waals surface area contributed by atoms with E-state index in [9.17, 15) is 0 Å². The number of nitrogens with one attached hydrogen (secondary N) is 1. The number of hydrogen-bond acceptors (Lipinski definition) is 6. The summed E-state index contributed by atoms with van der Waals surface area (Å²) in [6.07, 6.45) is 0.730. The molecule has 0 aliphatic heterocycles. The molecule has 0 aliphatic carbocycles. The van der Waals surface area contributed by atoms with Gasteiger partial charge in [0.2, 0.25) is 5.13 Å². The van der Waals surface area contributed by atoms with Crippen molar-refractivity contribution < 1.29 is 9.15 Å². The van der Waals surface area contributed by atoms with Gasteiger partial charge in [0, 0.05) is 30.4 Å². The van der Waals surface area contributed by atoms with Gasteiger partial charge in [-0.05, 0) is 19.1 Å². The average Bonchev–Trinajstić information content (AvgIpc) is 3.11. The molecule has 5 nitrogen and oxygen atoms in total. The minimum Gasteiger partial charge on any atom is -0.459 e. The quantitative estimate of drug-likeness (QED) is 0.753. The lowest BCUT2D eigenvalue weighted by Crippen LogP contribution is -2.05. The molecule has 110 valence electrons. The molecule has 0 spiro atoms. The Morgan fingerprint density at radius 2 is 2.24 bits per heavy atom. The Morgan fingerprint density at radius 1 is 1.38 bits per heavy atom. The Morgan fingerprint density at radius 3 is 3.05 bits per heavy atom. The smallest absolute Gasteiger partial charge is 0.203 e. The zero-order valence-corrected chi connectivity index (χ0v) is 12.8. The molecule has 2 heterocycles. The van der Waals surface area contributed by atoms with Crippen molar-refractivity contribution in [2.45, 2.75) is 19.4 Å². The maximum atomic E-state index is 5.85. The summed E-state index contributed by atoms with van der Waals surface area (Å²) in [6.45, 7) is 2.68. The Hall–Kier alpha value is -1.92. The molecule has 0 bridgehead atoms. The normalized spacial score (nSPS) is 12.7.